The molecule has 3 rings (SSSR count). The largest absolute Gasteiger partial charge is 0.481 e. The number of likely N-dealkylation sites (tertiary alicyclic amines) is 1. The first-order valence-electron chi connectivity index (χ1n) is 8.67. The summed E-state index contributed by atoms with van der Waals surface area (Å²) in [7, 11) is 3.60. The maximum absolute atomic E-state index is 12.7. The molecule has 128 valence electrons. The molecule has 1 saturated carbocycles. The van der Waals surface area contributed by atoms with Crippen LogP contribution >= 0.6 is 0 Å². The summed E-state index contributed by atoms with van der Waals surface area (Å²) in [6, 6.07) is 0.726. The molecule has 6 heteroatoms. The monoisotopic (exact) mass is 320 g/mol. The second-order valence-electron chi connectivity index (χ2n) is 6.67. The molecule has 0 aromatic carbocycles. The molecule has 0 unspecified atom stereocenters. The highest BCUT2D eigenvalue weighted by atomic mass is 16.5. The predicted octanol–water partition coefficient (Wildman–Crippen LogP) is 1.88. The number of amides is 1. The molecule has 0 bridgehead atoms. The molecular formula is C17H28N4O2. The van der Waals surface area contributed by atoms with Crippen LogP contribution in [0.25, 0.3) is 0 Å². The molecule has 1 atom stereocenters. The topological polar surface area (TPSA) is 50.6 Å². The summed E-state index contributed by atoms with van der Waals surface area (Å²) in [5.41, 5.74) is 2.15. The molecule has 1 aliphatic carbocycles. The normalized spacial score (nSPS) is 21.7. The number of aromatic nitrogens is 2. The molecule has 1 aromatic rings. The predicted molar refractivity (Wildman–Crippen MR) is 88.5 cm³/mol. The van der Waals surface area contributed by atoms with Crippen LogP contribution in [0.2, 0.25) is 0 Å². The highest BCUT2D eigenvalue weighted by Crippen LogP contribution is 2.38. The SMILES string of the molecule is CCN(C(=O)CN1CCC[C@H]1c1c(C)nn(C)c1OC)C1CC1. The van der Waals surface area contributed by atoms with Gasteiger partial charge in [-0.05, 0) is 46.1 Å². The van der Waals surface area contributed by atoms with Gasteiger partial charge in [0.05, 0.1) is 24.9 Å². The fourth-order valence-corrected chi connectivity index (χ4v) is 3.91. The third kappa shape index (κ3) is 3.09. The van der Waals surface area contributed by atoms with Crippen molar-refractivity contribution in [2.24, 2.45) is 7.05 Å². The van der Waals surface area contributed by atoms with E-state index in [0.29, 0.717) is 12.6 Å². The average molecular weight is 320 g/mol. The number of likely N-dealkylation sites (N-methyl/N-ethyl adjacent to an activating group) is 1. The summed E-state index contributed by atoms with van der Waals surface area (Å²) in [5, 5.41) is 4.50. The minimum Gasteiger partial charge on any atom is -0.481 e. The van der Waals surface area contributed by atoms with Crippen LogP contribution in [0, 0.1) is 6.92 Å². The molecular weight excluding hydrogens is 292 g/mol. The van der Waals surface area contributed by atoms with Crippen LogP contribution in [0.1, 0.15) is 49.9 Å². The Hall–Kier alpha value is -1.56. The van der Waals surface area contributed by atoms with E-state index in [-0.39, 0.29) is 11.9 Å². The fraction of sp³-hybridized carbons (Fsp3) is 0.765. The third-order valence-corrected chi connectivity index (χ3v) is 5.09. The minimum absolute atomic E-state index is 0.237. The lowest BCUT2D eigenvalue weighted by molar-refractivity contribution is -0.133. The van der Waals surface area contributed by atoms with Crippen LogP contribution in [-0.2, 0) is 11.8 Å². The third-order valence-electron chi connectivity index (χ3n) is 5.09. The Morgan fingerprint density at radius 1 is 1.39 bits per heavy atom. The van der Waals surface area contributed by atoms with Gasteiger partial charge in [0.1, 0.15) is 0 Å². The Morgan fingerprint density at radius 2 is 2.13 bits per heavy atom. The fourth-order valence-electron chi connectivity index (χ4n) is 3.91. The van der Waals surface area contributed by atoms with Gasteiger partial charge in [0.15, 0.2) is 0 Å². The summed E-state index contributed by atoms with van der Waals surface area (Å²) in [4.78, 5) is 17.0. The second kappa shape index (κ2) is 6.51. The number of hydrogen-bond acceptors (Lipinski definition) is 4. The van der Waals surface area contributed by atoms with Crippen LogP contribution in [-0.4, -0.2) is 58.3 Å². The number of ether oxygens (including phenoxy) is 1. The van der Waals surface area contributed by atoms with Crippen LogP contribution in [0.3, 0.4) is 0 Å². The molecule has 23 heavy (non-hydrogen) atoms. The lowest BCUT2D eigenvalue weighted by Gasteiger charge is -2.28. The van der Waals surface area contributed by atoms with Gasteiger partial charge in [-0.1, -0.05) is 0 Å². The zero-order valence-electron chi connectivity index (χ0n) is 14.7. The maximum atomic E-state index is 12.7. The quantitative estimate of drug-likeness (QED) is 0.803. The molecule has 0 N–H and O–H groups in total. The van der Waals surface area contributed by atoms with E-state index in [1.54, 1.807) is 11.8 Å². The summed E-state index contributed by atoms with van der Waals surface area (Å²) < 4.78 is 7.36. The van der Waals surface area contributed by atoms with E-state index in [4.69, 9.17) is 4.74 Å². The molecule has 0 radical (unpaired) electrons. The van der Waals surface area contributed by atoms with Crippen molar-refractivity contribution in [2.45, 2.75) is 51.6 Å². The van der Waals surface area contributed by atoms with Crippen molar-refractivity contribution >= 4 is 5.91 Å². The molecule has 1 aromatic heterocycles. The highest BCUT2D eigenvalue weighted by Gasteiger charge is 2.36. The zero-order valence-corrected chi connectivity index (χ0v) is 14.7. The molecule has 1 amide bonds. The van der Waals surface area contributed by atoms with E-state index in [0.717, 1.165) is 43.1 Å². The number of aryl methyl sites for hydroxylation is 2. The van der Waals surface area contributed by atoms with Gasteiger partial charge >= 0.3 is 0 Å². The van der Waals surface area contributed by atoms with Gasteiger partial charge in [-0.25, -0.2) is 4.68 Å². The van der Waals surface area contributed by atoms with Gasteiger partial charge < -0.3 is 9.64 Å². The first-order chi connectivity index (χ1) is 11.1. The Labute approximate surface area is 138 Å². The van der Waals surface area contributed by atoms with Crippen LogP contribution in [0.15, 0.2) is 0 Å². The second-order valence-corrected chi connectivity index (χ2v) is 6.67. The number of hydrogen-bond donors (Lipinski definition) is 0. The van der Waals surface area contributed by atoms with Gasteiger partial charge in [0, 0.05) is 25.7 Å². The van der Waals surface area contributed by atoms with Crippen molar-refractivity contribution in [3.63, 3.8) is 0 Å². The minimum atomic E-state index is 0.237. The first kappa shape index (κ1) is 16.3. The highest BCUT2D eigenvalue weighted by molar-refractivity contribution is 5.79. The van der Waals surface area contributed by atoms with Crippen LogP contribution in [0.5, 0.6) is 5.88 Å². The van der Waals surface area contributed by atoms with Crippen molar-refractivity contribution in [1.82, 2.24) is 19.6 Å². The molecule has 2 aliphatic rings. The van der Waals surface area contributed by atoms with Gasteiger partial charge in [-0.2, -0.15) is 5.10 Å². The van der Waals surface area contributed by atoms with Gasteiger partial charge in [-0.3, -0.25) is 9.69 Å². The van der Waals surface area contributed by atoms with E-state index in [9.17, 15) is 4.79 Å². The van der Waals surface area contributed by atoms with Crippen LogP contribution < -0.4 is 4.74 Å². The van der Waals surface area contributed by atoms with Crippen molar-refractivity contribution in [1.29, 1.82) is 0 Å². The number of methoxy groups -OCH3 is 1. The summed E-state index contributed by atoms with van der Waals surface area (Å²) in [5.74, 6) is 1.09. The molecule has 0 spiro atoms. The van der Waals surface area contributed by atoms with Crippen molar-refractivity contribution < 1.29 is 9.53 Å². The molecule has 1 aliphatic heterocycles. The van der Waals surface area contributed by atoms with E-state index < -0.39 is 0 Å². The molecule has 2 heterocycles. The molecule has 2 fully saturated rings. The maximum Gasteiger partial charge on any atom is 0.237 e. The van der Waals surface area contributed by atoms with Crippen LogP contribution in [0.4, 0.5) is 0 Å². The van der Waals surface area contributed by atoms with E-state index >= 15 is 0 Å². The Kier molecular flexibility index (Phi) is 4.62. The van der Waals surface area contributed by atoms with E-state index in [2.05, 4.69) is 16.9 Å². The van der Waals surface area contributed by atoms with Gasteiger partial charge in [-0.15, -0.1) is 0 Å². The van der Waals surface area contributed by atoms with E-state index in [1.165, 1.54) is 12.8 Å². The zero-order chi connectivity index (χ0) is 16.6. The lowest BCUT2D eigenvalue weighted by Crippen LogP contribution is -2.41. The lowest BCUT2D eigenvalue weighted by atomic mass is 10.0. The number of rotatable bonds is 6. The smallest absolute Gasteiger partial charge is 0.237 e. The van der Waals surface area contributed by atoms with Gasteiger partial charge in [0.25, 0.3) is 0 Å². The molecule has 1 saturated heterocycles. The van der Waals surface area contributed by atoms with Crippen molar-refractivity contribution in [3.8, 4) is 5.88 Å². The Balaban J connectivity index is 1.77. The number of carbonyl (C=O) groups is 1. The summed E-state index contributed by atoms with van der Waals surface area (Å²) in [6.45, 7) is 6.39. The summed E-state index contributed by atoms with van der Waals surface area (Å²) >= 11 is 0. The first-order valence-corrected chi connectivity index (χ1v) is 8.67. The Morgan fingerprint density at radius 3 is 2.74 bits per heavy atom. The van der Waals surface area contributed by atoms with E-state index in [1.807, 2.05) is 18.9 Å². The Bertz CT molecular complexity index is 579. The average Bonchev–Trinajstić information content (AvgIpc) is 3.17. The molecule has 6 nitrogen and oxygen atoms in total. The van der Waals surface area contributed by atoms with Crippen molar-refractivity contribution in [3.05, 3.63) is 11.3 Å². The van der Waals surface area contributed by atoms with Crippen molar-refractivity contribution in [2.75, 3.05) is 26.7 Å². The summed E-state index contributed by atoms with van der Waals surface area (Å²) in [6.07, 6.45) is 4.51. The number of carbonyl (C=O) groups excluding carboxylic acids is 1. The number of nitrogens with zero attached hydrogens (tertiary/aromatic N) is 4. The van der Waals surface area contributed by atoms with Gasteiger partial charge in [0.2, 0.25) is 11.8 Å². The standard InChI is InChI=1S/C17H28N4O2/c1-5-21(13-8-9-13)15(22)11-20-10-6-7-14(20)16-12(2)18-19(3)17(16)23-4/h13-14H,5-11H2,1-4H3/t14-/m0/s1.